The molecule has 5 rings (SSSR count). The summed E-state index contributed by atoms with van der Waals surface area (Å²) in [5.74, 6) is 1.74. The molecular formula is C23H24N2O4. The van der Waals surface area contributed by atoms with E-state index in [1.165, 1.54) is 0 Å². The van der Waals surface area contributed by atoms with Gasteiger partial charge in [0.15, 0.2) is 11.5 Å². The van der Waals surface area contributed by atoms with Crippen LogP contribution in [0.4, 0.5) is 5.69 Å². The molecule has 0 radical (unpaired) electrons. The number of nitrogens with zero attached hydrogens (tertiary/aromatic N) is 1. The summed E-state index contributed by atoms with van der Waals surface area (Å²) in [6.45, 7) is 1.68. The van der Waals surface area contributed by atoms with Crippen molar-refractivity contribution in [2.45, 2.75) is 25.7 Å². The van der Waals surface area contributed by atoms with E-state index in [1.807, 2.05) is 53.4 Å². The Morgan fingerprint density at radius 1 is 1.03 bits per heavy atom. The molecule has 1 saturated carbocycles. The van der Waals surface area contributed by atoms with Gasteiger partial charge < -0.3 is 19.7 Å². The summed E-state index contributed by atoms with van der Waals surface area (Å²) in [5.41, 5.74) is 1.86. The number of carbonyl (C=O) groups excluding carboxylic acids is 2. The Hall–Kier alpha value is -3.02. The van der Waals surface area contributed by atoms with Gasteiger partial charge in [0.2, 0.25) is 18.6 Å². The molecule has 3 aliphatic rings. The molecule has 2 aromatic rings. The number of para-hydroxylation sites is 1. The third-order valence-corrected chi connectivity index (χ3v) is 6.45. The summed E-state index contributed by atoms with van der Waals surface area (Å²) < 4.78 is 10.7. The van der Waals surface area contributed by atoms with Crippen LogP contribution in [0.25, 0.3) is 0 Å². The molecule has 1 N–H and O–H groups in total. The van der Waals surface area contributed by atoms with Crippen molar-refractivity contribution in [1.29, 1.82) is 0 Å². The van der Waals surface area contributed by atoms with Crippen LogP contribution in [0.3, 0.4) is 0 Å². The Labute approximate surface area is 169 Å². The first-order valence-electron chi connectivity index (χ1n) is 10.2. The number of benzene rings is 2. The topological polar surface area (TPSA) is 67.9 Å². The highest BCUT2D eigenvalue weighted by molar-refractivity contribution is 5.95. The number of nitrogens with one attached hydrogen (secondary N) is 1. The Bertz CT molecular complexity index is 935. The number of piperidine rings is 1. The average molecular weight is 392 g/mol. The minimum Gasteiger partial charge on any atom is -0.454 e. The van der Waals surface area contributed by atoms with Gasteiger partial charge in [-0.25, -0.2) is 0 Å². The molecular weight excluding hydrogens is 368 g/mol. The van der Waals surface area contributed by atoms with Gasteiger partial charge in [-0.2, -0.15) is 0 Å². The SMILES string of the molecule is O=C(Nc1ccccc1)C1CC12CCN(C(=O)Cc1ccc3c(c1)OCO3)CC2. The highest BCUT2D eigenvalue weighted by atomic mass is 16.7. The zero-order chi connectivity index (χ0) is 19.8. The maximum absolute atomic E-state index is 12.7. The van der Waals surface area contributed by atoms with Gasteiger partial charge in [0.05, 0.1) is 6.42 Å². The van der Waals surface area contributed by atoms with Crippen molar-refractivity contribution in [3.8, 4) is 11.5 Å². The number of hydrogen-bond donors (Lipinski definition) is 1. The third-order valence-electron chi connectivity index (χ3n) is 6.45. The van der Waals surface area contributed by atoms with Gasteiger partial charge in [-0.3, -0.25) is 9.59 Å². The van der Waals surface area contributed by atoms with Gasteiger partial charge in [-0.1, -0.05) is 24.3 Å². The molecule has 1 aliphatic carbocycles. The van der Waals surface area contributed by atoms with Crippen molar-refractivity contribution in [2.24, 2.45) is 11.3 Å². The maximum Gasteiger partial charge on any atom is 0.231 e. The molecule has 1 saturated heterocycles. The van der Waals surface area contributed by atoms with Gasteiger partial charge in [0.1, 0.15) is 0 Å². The molecule has 6 nitrogen and oxygen atoms in total. The molecule has 150 valence electrons. The number of hydrogen-bond acceptors (Lipinski definition) is 4. The highest BCUT2D eigenvalue weighted by Gasteiger charge is 2.58. The number of carbonyl (C=O) groups is 2. The van der Waals surface area contributed by atoms with Crippen molar-refractivity contribution in [2.75, 3.05) is 25.2 Å². The standard InChI is InChI=1S/C23H24N2O4/c26-21(13-16-6-7-19-20(12-16)29-15-28-19)25-10-8-23(9-11-25)14-18(23)22(27)24-17-4-2-1-3-5-17/h1-7,12,18H,8-11,13-15H2,(H,24,27). The molecule has 2 aromatic carbocycles. The van der Waals surface area contributed by atoms with Crippen LogP contribution in [0.2, 0.25) is 0 Å². The van der Waals surface area contributed by atoms with E-state index in [2.05, 4.69) is 5.32 Å². The number of fused-ring (bicyclic) bond motifs is 1. The molecule has 2 heterocycles. The number of likely N-dealkylation sites (tertiary alicyclic amines) is 1. The molecule has 6 heteroatoms. The summed E-state index contributed by atoms with van der Waals surface area (Å²) in [6, 6.07) is 15.2. The van der Waals surface area contributed by atoms with E-state index in [1.54, 1.807) is 0 Å². The second-order valence-corrected chi connectivity index (χ2v) is 8.22. The molecule has 2 fully saturated rings. The smallest absolute Gasteiger partial charge is 0.231 e. The van der Waals surface area contributed by atoms with Crippen LogP contribution in [0.5, 0.6) is 11.5 Å². The normalized spacial score (nSPS) is 21.1. The van der Waals surface area contributed by atoms with Gasteiger partial charge >= 0.3 is 0 Å². The van der Waals surface area contributed by atoms with Crippen LogP contribution in [-0.4, -0.2) is 36.6 Å². The van der Waals surface area contributed by atoms with E-state index in [9.17, 15) is 9.59 Å². The second-order valence-electron chi connectivity index (χ2n) is 8.22. The van der Waals surface area contributed by atoms with Crippen molar-refractivity contribution < 1.29 is 19.1 Å². The Balaban J connectivity index is 1.14. The van der Waals surface area contributed by atoms with Crippen molar-refractivity contribution in [3.05, 3.63) is 54.1 Å². The van der Waals surface area contributed by atoms with E-state index in [0.717, 1.165) is 49.4 Å². The quantitative estimate of drug-likeness (QED) is 0.868. The van der Waals surface area contributed by atoms with Crippen LogP contribution in [-0.2, 0) is 16.0 Å². The lowest BCUT2D eigenvalue weighted by Gasteiger charge is -2.33. The Morgan fingerprint density at radius 3 is 2.59 bits per heavy atom. The summed E-state index contributed by atoms with van der Waals surface area (Å²) in [7, 11) is 0. The van der Waals surface area contributed by atoms with Gasteiger partial charge in [-0.05, 0) is 54.5 Å². The second kappa shape index (κ2) is 7.10. The summed E-state index contributed by atoms with van der Waals surface area (Å²) in [5, 5.41) is 3.02. The molecule has 1 unspecified atom stereocenters. The monoisotopic (exact) mass is 392 g/mol. The predicted molar refractivity (Wildman–Crippen MR) is 108 cm³/mol. The maximum atomic E-state index is 12.7. The van der Waals surface area contributed by atoms with Crippen LogP contribution in [0.15, 0.2) is 48.5 Å². The van der Waals surface area contributed by atoms with E-state index in [-0.39, 0.29) is 29.9 Å². The highest BCUT2D eigenvalue weighted by Crippen LogP contribution is 2.59. The van der Waals surface area contributed by atoms with Gasteiger partial charge in [-0.15, -0.1) is 0 Å². The number of ether oxygens (including phenoxy) is 2. The molecule has 0 aromatic heterocycles. The summed E-state index contributed by atoms with van der Waals surface area (Å²) in [6.07, 6.45) is 3.08. The molecule has 29 heavy (non-hydrogen) atoms. The fourth-order valence-electron chi connectivity index (χ4n) is 4.56. The third kappa shape index (κ3) is 3.55. The first kappa shape index (κ1) is 18.0. The zero-order valence-corrected chi connectivity index (χ0v) is 16.2. The minimum atomic E-state index is 0.0637. The van der Waals surface area contributed by atoms with Crippen molar-refractivity contribution in [3.63, 3.8) is 0 Å². The number of amides is 2. The zero-order valence-electron chi connectivity index (χ0n) is 16.2. The van der Waals surface area contributed by atoms with E-state index < -0.39 is 0 Å². The Morgan fingerprint density at radius 2 is 1.79 bits per heavy atom. The lowest BCUT2D eigenvalue weighted by atomic mass is 9.90. The average Bonchev–Trinajstić information content (AvgIpc) is 3.23. The lowest BCUT2D eigenvalue weighted by molar-refractivity contribution is -0.132. The van der Waals surface area contributed by atoms with E-state index in [4.69, 9.17) is 9.47 Å². The lowest BCUT2D eigenvalue weighted by Crippen LogP contribution is -2.41. The van der Waals surface area contributed by atoms with Gasteiger partial charge in [0.25, 0.3) is 0 Å². The molecule has 2 aliphatic heterocycles. The fraction of sp³-hybridized carbons (Fsp3) is 0.391. The van der Waals surface area contributed by atoms with Crippen molar-refractivity contribution >= 4 is 17.5 Å². The number of rotatable bonds is 4. The van der Waals surface area contributed by atoms with E-state index >= 15 is 0 Å². The first-order valence-corrected chi connectivity index (χ1v) is 10.2. The van der Waals surface area contributed by atoms with Crippen LogP contribution < -0.4 is 14.8 Å². The predicted octanol–water partition coefficient (Wildman–Crippen LogP) is 3.23. The number of anilines is 1. The minimum absolute atomic E-state index is 0.0637. The first-order chi connectivity index (χ1) is 14.1. The van der Waals surface area contributed by atoms with E-state index in [0.29, 0.717) is 12.2 Å². The molecule has 0 bridgehead atoms. The molecule has 2 amide bonds. The fourth-order valence-corrected chi connectivity index (χ4v) is 4.56. The van der Waals surface area contributed by atoms with Gasteiger partial charge in [0, 0.05) is 24.7 Å². The van der Waals surface area contributed by atoms with Crippen LogP contribution >= 0.6 is 0 Å². The van der Waals surface area contributed by atoms with Crippen LogP contribution in [0, 0.1) is 11.3 Å². The largest absolute Gasteiger partial charge is 0.454 e. The summed E-state index contributed by atoms with van der Waals surface area (Å²) >= 11 is 0. The van der Waals surface area contributed by atoms with Crippen LogP contribution in [0.1, 0.15) is 24.8 Å². The molecule has 1 spiro atoms. The Kier molecular flexibility index (Phi) is 4.42. The van der Waals surface area contributed by atoms with Crippen molar-refractivity contribution in [1.82, 2.24) is 4.90 Å². The molecule has 1 atom stereocenters. The summed E-state index contributed by atoms with van der Waals surface area (Å²) in [4.78, 5) is 27.2.